The van der Waals surface area contributed by atoms with Crippen molar-refractivity contribution in [1.29, 1.82) is 0 Å². The minimum absolute atomic E-state index is 0.0671. The number of H-pyrrole nitrogens is 1. The van der Waals surface area contributed by atoms with Crippen LogP contribution in [-0.4, -0.2) is 112 Å². The molecule has 3 aliphatic heterocycles. The lowest BCUT2D eigenvalue weighted by Crippen LogP contribution is -2.36. The molecule has 2 bridgehead atoms. The van der Waals surface area contributed by atoms with Gasteiger partial charge in [-0.25, -0.2) is 24.5 Å². The normalized spacial score (nSPS) is 37.7. The van der Waals surface area contributed by atoms with Gasteiger partial charge in [0, 0.05) is 0 Å². The molecule has 0 saturated carbocycles. The number of rotatable bonds is 2. The molecule has 0 spiro atoms. The Morgan fingerprint density at radius 1 is 0.889 bits per heavy atom. The van der Waals surface area contributed by atoms with Gasteiger partial charge in [-0.1, -0.05) is 0 Å². The first-order valence-electron chi connectivity index (χ1n) is 12.8. The Hall–Kier alpha value is -3.34. The van der Waals surface area contributed by atoms with Gasteiger partial charge in [0.05, 0.1) is 33.4 Å². The third-order valence-electron chi connectivity index (χ3n) is 7.22. The number of nitrogens with two attached hydrogens (primary N) is 2. The number of nitrogens with zero attached hydrogens (tertiary/aromatic N) is 7. The summed E-state index contributed by atoms with van der Waals surface area (Å²) in [6.45, 7) is -1.20. The summed E-state index contributed by atoms with van der Waals surface area (Å²) in [6, 6.07) is 0. The molecule has 3 fully saturated rings. The smallest absolute Gasteiger partial charge is 0.387 e. The van der Waals surface area contributed by atoms with Gasteiger partial charge in [-0.2, -0.15) is 4.98 Å². The molecule has 4 aromatic heterocycles. The average Bonchev–Trinajstić information content (AvgIpc) is 3.72. The van der Waals surface area contributed by atoms with E-state index in [-0.39, 0.29) is 34.1 Å². The first-order chi connectivity index (χ1) is 21.3. The van der Waals surface area contributed by atoms with Crippen LogP contribution in [0.3, 0.4) is 0 Å². The molecule has 10 atom stereocenters. The van der Waals surface area contributed by atoms with Gasteiger partial charge < -0.3 is 49.7 Å². The molecule has 22 nitrogen and oxygen atoms in total. The second kappa shape index (κ2) is 10.9. The van der Waals surface area contributed by atoms with Crippen LogP contribution < -0.4 is 17.0 Å². The summed E-state index contributed by atoms with van der Waals surface area (Å²) in [5.74, 6) is -0.159. The Labute approximate surface area is 251 Å². The zero-order valence-electron chi connectivity index (χ0n) is 22.0. The molecule has 4 unspecified atom stereocenters. The number of ether oxygens (including phenoxy) is 2. The fourth-order valence-electron chi connectivity index (χ4n) is 5.21. The quantitative estimate of drug-likeness (QED) is 0.0915. The van der Waals surface area contributed by atoms with Crippen molar-refractivity contribution in [3.63, 3.8) is 0 Å². The number of phosphoric acid groups is 1. The number of hydrogen-bond acceptors (Lipinski definition) is 18. The Balaban J connectivity index is 1.21. The molecule has 8 N–H and O–H groups in total. The monoisotopic (exact) mass is 671 g/mol. The maximum atomic E-state index is 13.6. The summed E-state index contributed by atoms with van der Waals surface area (Å²) in [4.78, 5) is 45.6. The van der Waals surface area contributed by atoms with Crippen LogP contribution >= 0.6 is 15.3 Å². The van der Waals surface area contributed by atoms with E-state index in [0.29, 0.717) is 0 Å². The lowest BCUT2D eigenvalue weighted by atomic mass is 10.1. The molecule has 45 heavy (non-hydrogen) atoms. The summed E-state index contributed by atoms with van der Waals surface area (Å²) in [5, 5.41) is 22.4. The van der Waals surface area contributed by atoms with E-state index in [1.165, 1.54) is 21.8 Å². The highest BCUT2D eigenvalue weighted by atomic mass is 31.2. The molecular formula is C20H26BN10O12P2-. The molecule has 3 aliphatic rings. The predicted molar refractivity (Wildman–Crippen MR) is 151 cm³/mol. The summed E-state index contributed by atoms with van der Waals surface area (Å²) in [6.07, 6.45) is -7.63. The average molecular weight is 671 g/mol. The van der Waals surface area contributed by atoms with Gasteiger partial charge in [-0.15, -0.1) is 0 Å². The molecule has 25 heteroatoms. The largest absolute Gasteiger partial charge is 0.472 e. The van der Waals surface area contributed by atoms with E-state index < -0.39 is 90.7 Å². The summed E-state index contributed by atoms with van der Waals surface area (Å²) in [7, 11) is -10.1. The Kier molecular flexibility index (Phi) is 7.34. The van der Waals surface area contributed by atoms with Crippen molar-refractivity contribution >= 4 is 57.0 Å². The van der Waals surface area contributed by atoms with Crippen LogP contribution in [-0.2, 0) is 36.7 Å². The van der Waals surface area contributed by atoms with Crippen molar-refractivity contribution in [2.24, 2.45) is 0 Å². The van der Waals surface area contributed by atoms with Crippen LogP contribution in [0.1, 0.15) is 12.5 Å². The molecular weight excluding hydrogens is 645 g/mol. The molecule has 3 saturated heterocycles. The van der Waals surface area contributed by atoms with E-state index >= 15 is 0 Å². The van der Waals surface area contributed by atoms with Gasteiger partial charge in [0.2, 0.25) is 5.95 Å². The highest BCUT2D eigenvalue weighted by Gasteiger charge is 2.52. The Morgan fingerprint density at radius 2 is 1.58 bits per heavy atom. The third kappa shape index (κ3) is 5.34. The van der Waals surface area contributed by atoms with Crippen molar-refractivity contribution < 1.29 is 51.8 Å². The highest BCUT2D eigenvalue weighted by Crippen LogP contribution is 2.53. The molecule has 242 valence electrons. The van der Waals surface area contributed by atoms with Gasteiger partial charge >= 0.3 is 7.82 Å². The number of aromatic amines is 1. The topological polar surface area (TPSA) is 309 Å². The number of aliphatic hydroxyl groups excluding tert-OH is 2. The standard InChI is InChI=1S/C20H26BN10O12P2/c21-44(35)38-1-6-10(32)13(19(40-6)31-5-27-9-16(31)28-20(23)29-17(9)34)43-45(36,37)39-2-7-12(42-44)11(33)18(41-7)30-4-26-8-14(22)24-3-25-15(8)30/h3-7,10-13,18-19,32-33H,1-2H2,21H3,(H,36,37)(H2,22,24,25)(H3,23,28,29,34)/q-1/t6-,7-,10?,11+,12?,13+,18-,19-,44?/m1/s1. The maximum Gasteiger partial charge on any atom is 0.472 e. The van der Waals surface area contributed by atoms with Crippen LogP contribution in [0.25, 0.3) is 22.3 Å². The number of fused-ring (bicyclic) bond motifs is 5. The zero-order chi connectivity index (χ0) is 31.8. The van der Waals surface area contributed by atoms with Gasteiger partial charge in [0.1, 0.15) is 55.9 Å². The lowest BCUT2D eigenvalue weighted by molar-refractivity contribution is -0.0637. The van der Waals surface area contributed by atoms with E-state index in [2.05, 4.69) is 29.9 Å². The number of aliphatic hydroxyl groups is 2. The lowest BCUT2D eigenvalue weighted by Gasteiger charge is -2.29. The van der Waals surface area contributed by atoms with Gasteiger partial charge in [0.25, 0.3) is 5.56 Å². The summed E-state index contributed by atoms with van der Waals surface area (Å²) < 4.78 is 63.4. The Bertz CT molecular complexity index is 1940. The van der Waals surface area contributed by atoms with E-state index in [9.17, 15) is 29.0 Å². The van der Waals surface area contributed by atoms with Crippen LogP contribution in [0.5, 0.6) is 0 Å². The second-order valence-electron chi connectivity index (χ2n) is 9.89. The predicted octanol–water partition coefficient (Wildman–Crippen LogP) is -2.97. The molecule has 0 aromatic carbocycles. The zero-order valence-corrected chi connectivity index (χ0v) is 23.7. The summed E-state index contributed by atoms with van der Waals surface area (Å²) in [5.41, 5.74) is 11.2. The molecule has 7 rings (SSSR count). The van der Waals surface area contributed by atoms with E-state index in [1.54, 1.807) is 0 Å². The minimum atomic E-state index is -5.04. The number of nitrogen functional groups attached to an aromatic ring is 2. The minimum Gasteiger partial charge on any atom is -0.387 e. The number of hydrogen-bond donors (Lipinski definition) is 6. The number of imidazole rings is 2. The number of aromatic nitrogens is 8. The van der Waals surface area contributed by atoms with Crippen molar-refractivity contribution in [2.75, 3.05) is 24.7 Å². The maximum absolute atomic E-state index is 13.6. The van der Waals surface area contributed by atoms with Gasteiger partial charge in [-0.3, -0.25) is 28.0 Å². The molecule has 7 heterocycles. The van der Waals surface area contributed by atoms with Crippen molar-refractivity contribution in [2.45, 2.75) is 49.1 Å². The number of anilines is 2. The van der Waals surface area contributed by atoms with E-state index in [0.717, 1.165) is 6.33 Å². The van der Waals surface area contributed by atoms with E-state index in [4.69, 9.17) is 39.0 Å². The third-order valence-corrected chi connectivity index (χ3v) is 8.98. The number of phosphoric ester groups is 1. The van der Waals surface area contributed by atoms with Gasteiger partial charge in [0.15, 0.2) is 35.1 Å². The van der Waals surface area contributed by atoms with Crippen molar-refractivity contribution in [1.82, 2.24) is 39.0 Å². The fraction of sp³-hybridized carbons (Fsp3) is 0.500. The second-order valence-corrected chi connectivity index (χ2v) is 12.2. The summed E-state index contributed by atoms with van der Waals surface area (Å²) >= 11 is 0. The first kappa shape index (κ1) is 30.3. The number of nitrogens with one attached hydrogen (secondary N) is 1. The van der Waals surface area contributed by atoms with Crippen molar-refractivity contribution in [3.8, 4) is 0 Å². The van der Waals surface area contributed by atoms with Crippen LogP contribution in [0.2, 0.25) is 0 Å². The van der Waals surface area contributed by atoms with Gasteiger partial charge in [-0.05, 0) is 0 Å². The Morgan fingerprint density at radius 3 is 2.36 bits per heavy atom. The highest BCUT2D eigenvalue weighted by molar-refractivity contribution is 7.79. The molecule has 4 aromatic rings. The van der Waals surface area contributed by atoms with E-state index in [1.807, 2.05) is 0 Å². The fourth-order valence-corrected chi connectivity index (χ4v) is 6.93. The molecule has 0 aliphatic carbocycles. The molecule has 0 radical (unpaired) electrons. The first-order valence-corrected chi connectivity index (χ1v) is 15.3. The van der Waals surface area contributed by atoms with Crippen LogP contribution in [0.15, 0.2) is 23.8 Å². The molecule has 0 amide bonds. The van der Waals surface area contributed by atoms with Crippen LogP contribution in [0, 0.1) is 0 Å². The van der Waals surface area contributed by atoms with Crippen molar-refractivity contribution in [3.05, 3.63) is 29.3 Å². The van der Waals surface area contributed by atoms with Crippen LogP contribution in [0.4, 0.5) is 11.8 Å². The SMILES string of the molecule is [BH3-]P1(=O)OC[C@H]2O[C@@H](n3cnc4c(=O)[nH]c(N)nc43)[C@@H](OP(=O)(O)OC[C@H]3O[C@@H](n4cnc5c(N)ncnc54)[C@@H](O)C3O1)C2O.